The molecule has 3 aliphatic carbocycles. The topological polar surface area (TPSA) is 3.24 Å². The van der Waals surface area contributed by atoms with Crippen LogP contribution in [0, 0.1) is 0 Å². The molecule has 12 aromatic rings. The van der Waals surface area contributed by atoms with Gasteiger partial charge in [-0.3, -0.25) is 0 Å². The van der Waals surface area contributed by atoms with Crippen LogP contribution < -0.4 is 4.90 Å². The molecule has 1 spiro atoms. The molecule has 1 nitrogen and oxygen atoms in total. The molecule has 12 aromatic carbocycles. The summed E-state index contributed by atoms with van der Waals surface area (Å²) in [5, 5.41) is 2.48. The highest BCUT2D eigenvalue weighted by atomic mass is 15.1. The fourth-order valence-corrected chi connectivity index (χ4v) is 13.3. The van der Waals surface area contributed by atoms with E-state index in [4.69, 9.17) is 0 Å². The van der Waals surface area contributed by atoms with Gasteiger partial charge in [-0.2, -0.15) is 0 Å². The van der Waals surface area contributed by atoms with Crippen LogP contribution in [0.2, 0.25) is 0 Å². The third-order valence-corrected chi connectivity index (χ3v) is 16.3. The molecule has 0 radical (unpaired) electrons. The van der Waals surface area contributed by atoms with E-state index in [0.717, 1.165) is 17.1 Å². The standard InChI is InChI=1S/C72H47N/c1-4-21-50(22-5-1)62-46-63-60-31-15-19-35-67(60)72(65-33-17-13-28-57(65)58-29-14-18-34-66(58)72)69(63)47-70(62)73(55-40-38-49(39-41-55)52-37-36-48-20-10-11-23-51(48)44-52)56-42-43-61-59-30-12-16-32-64(59)71(68(61)45-56,53-24-6-2-7-25-53)54-26-8-3-9-27-54/h1-47H. The molecule has 340 valence electrons. The Morgan fingerprint density at radius 2 is 0.658 bits per heavy atom. The van der Waals surface area contributed by atoms with Crippen molar-refractivity contribution in [3.63, 3.8) is 0 Å². The highest BCUT2D eigenvalue weighted by molar-refractivity contribution is 6.01. The van der Waals surface area contributed by atoms with E-state index in [9.17, 15) is 0 Å². The van der Waals surface area contributed by atoms with E-state index in [1.807, 2.05) is 0 Å². The number of anilines is 3. The average Bonchev–Trinajstić information content (AvgIpc) is 4.06. The van der Waals surface area contributed by atoms with Gasteiger partial charge in [-0.05, 0) is 148 Å². The predicted octanol–water partition coefficient (Wildman–Crippen LogP) is 18.4. The number of rotatable bonds is 7. The largest absolute Gasteiger partial charge is 0.310 e. The molecule has 15 rings (SSSR count). The van der Waals surface area contributed by atoms with Gasteiger partial charge in [0.05, 0.1) is 16.5 Å². The highest BCUT2D eigenvalue weighted by Gasteiger charge is 2.52. The molecule has 0 N–H and O–H groups in total. The lowest BCUT2D eigenvalue weighted by atomic mass is 9.67. The minimum absolute atomic E-state index is 0.524. The van der Waals surface area contributed by atoms with Crippen molar-refractivity contribution in [3.8, 4) is 55.6 Å². The van der Waals surface area contributed by atoms with Crippen LogP contribution in [0.3, 0.4) is 0 Å². The number of nitrogens with zero attached hydrogens (tertiary/aromatic N) is 1. The van der Waals surface area contributed by atoms with Crippen LogP contribution in [-0.4, -0.2) is 0 Å². The lowest BCUT2D eigenvalue weighted by Gasteiger charge is -2.35. The monoisotopic (exact) mass is 925 g/mol. The van der Waals surface area contributed by atoms with E-state index >= 15 is 0 Å². The number of hydrogen-bond acceptors (Lipinski definition) is 1. The first-order valence-electron chi connectivity index (χ1n) is 25.5. The van der Waals surface area contributed by atoms with Gasteiger partial charge in [0.1, 0.15) is 0 Å². The minimum atomic E-state index is -0.570. The molecule has 0 amide bonds. The van der Waals surface area contributed by atoms with Gasteiger partial charge in [0.15, 0.2) is 0 Å². The molecule has 0 bridgehead atoms. The van der Waals surface area contributed by atoms with E-state index in [1.54, 1.807) is 0 Å². The van der Waals surface area contributed by atoms with Crippen molar-refractivity contribution >= 4 is 27.8 Å². The molecule has 0 saturated carbocycles. The number of hydrogen-bond donors (Lipinski definition) is 0. The molecule has 3 aliphatic rings. The second kappa shape index (κ2) is 16.1. The van der Waals surface area contributed by atoms with Crippen molar-refractivity contribution in [2.75, 3.05) is 4.90 Å². The Kier molecular flexibility index (Phi) is 9.16. The smallest absolute Gasteiger partial charge is 0.0726 e. The van der Waals surface area contributed by atoms with Gasteiger partial charge in [0.2, 0.25) is 0 Å². The average molecular weight is 926 g/mol. The van der Waals surface area contributed by atoms with Gasteiger partial charge < -0.3 is 4.90 Å². The van der Waals surface area contributed by atoms with Gasteiger partial charge in [0.25, 0.3) is 0 Å². The fraction of sp³-hybridized carbons (Fsp3) is 0.0278. The summed E-state index contributed by atoms with van der Waals surface area (Å²) < 4.78 is 0. The second-order valence-corrected chi connectivity index (χ2v) is 19.9. The molecule has 0 fully saturated rings. The Bertz CT molecular complexity index is 4050. The maximum Gasteiger partial charge on any atom is 0.0726 e. The molecule has 0 heterocycles. The second-order valence-electron chi connectivity index (χ2n) is 19.9. The summed E-state index contributed by atoms with van der Waals surface area (Å²) in [7, 11) is 0. The number of benzene rings is 12. The van der Waals surface area contributed by atoms with Crippen LogP contribution >= 0.6 is 0 Å². The first-order chi connectivity index (χ1) is 36.2. The maximum atomic E-state index is 2.57. The van der Waals surface area contributed by atoms with Crippen molar-refractivity contribution < 1.29 is 0 Å². The number of fused-ring (bicyclic) bond motifs is 14. The van der Waals surface area contributed by atoms with Gasteiger partial charge in [-0.15, -0.1) is 0 Å². The first kappa shape index (κ1) is 41.5. The fourth-order valence-electron chi connectivity index (χ4n) is 13.3. The third kappa shape index (κ3) is 5.91. The van der Waals surface area contributed by atoms with Crippen LogP contribution in [0.4, 0.5) is 17.1 Å². The third-order valence-electron chi connectivity index (χ3n) is 16.3. The summed E-state index contributed by atoms with van der Waals surface area (Å²) in [5.41, 5.74) is 24.9. The van der Waals surface area contributed by atoms with E-state index in [2.05, 4.69) is 290 Å². The zero-order valence-electron chi connectivity index (χ0n) is 40.1. The van der Waals surface area contributed by atoms with E-state index in [1.165, 1.54) is 111 Å². The van der Waals surface area contributed by atoms with Crippen molar-refractivity contribution in [3.05, 3.63) is 330 Å². The lowest BCUT2D eigenvalue weighted by molar-refractivity contribution is 0.768. The quantitative estimate of drug-likeness (QED) is 0.154. The van der Waals surface area contributed by atoms with Gasteiger partial charge >= 0.3 is 0 Å². The molecular formula is C72H47N. The highest BCUT2D eigenvalue weighted by Crippen LogP contribution is 2.65. The van der Waals surface area contributed by atoms with E-state index in [-0.39, 0.29) is 0 Å². The molecule has 0 unspecified atom stereocenters. The normalized spacial score (nSPS) is 13.7. The van der Waals surface area contributed by atoms with Gasteiger partial charge in [0, 0.05) is 16.9 Å². The zero-order chi connectivity index (χ0) is 48.1. The molecule has 1 heteroatoms. The Hall–Kier alpha value is -9.30. The van der Waals surface area contributed by atoms with Crippen LogP contribution in [0.15, 0.2) is 285 Å². The van der Waals surface area contributed by atoms with Gasteiger partial charge in [-0.25, -0.2) is 0 Å². The van der Waals surface area contributed by atoms with Gasteiger partial charge in [-0.1, -0.05) is 243 Å². The summed E-state index contributed by atoms with van der Waals surface area (Å²) >= 11 is 0. The Labute approximate surface area is 426 Å². The Balaban J connectivity index is 1.04. The zero-order valence-corrected chi connectivity index (χ0v) is 40.1. The molecule has 0 atom stereocenters. The molecule has 0 saturated heterocycles. The van der Waals surface area contributed by atoms with Crippen LogP contribution in [0.1, 0.15) is 44.5 Å². The predicted molar refractivity (Wildman–Crippen MR) is 303 cm³/mol. The van der Waals surface area contributed by atoms with Crippen molar-refractivity contribution in [2.24, 2.45) is 0 Å². The van der Waals surface area contributed by atoms with Crippen molar-refractivity contribution in [1.29, 1.82) is 0 Å². The SMILES string of the molecule is c1ccc(-c2cc3c(cc2N(c2ccc(-c4ccc5ccccc5c4)cc2)c2ccc4c(c2)C(c2ccccc2)(c2ccccc2)c2ccccc2-4)C2(c4ccccc4-c4ccccc42)c2ccccc2-3)cc1. The molecule has 0 aliphatic heterocycles. The van der Waals surface area contributed by atoms with Crippen LogP contribution in [-0.2, 0) is 10.8 Å². The summed E-state index contributed by atoms with van der Waals surface area (Å²) in [6, 6.07) is 107. The Morgan fingerprint density at radius 1 is 0.219 bits per heavy atom. The summed E-state index contributed by atoms with van der Waals surface area (Å²) in [5.74, 6) is 0. The maximum absolute atomic E-state index is 2.57. The lowest BCUT2D eigenvalue weighted by Crippen LogP contribution is -2.28. The minimum Gasteiger partial charge on any atom is -0.310 e. The summed E-state index contributed by atoms with van der Waals surface area (Å²) in [4.78, 5) is 2.56. The summed E-state index contributed by atoms with van der Waals surface area (Å²) in [6.07, 6.45) is 0. The van der Waals surface area contributed by atoms with E-state index < -0.39 is 10.8 Å². The van der Waals surface area contributed by atoms with Crippen LogP contribution in [0.25, 0.3) is 66.4 Å². The van der Waals surface area contributed by atoms with E-state index in [0.29, 0.717) is 0 Å². The van der Waals surface area contributed by atoms with Crippen molar-refractivity contribution in [2.45, 2.75) is 10.8 Å². The molecule has 73 heavy (non-hydrogen) atoms. The van der Waals surface area contributed by atoms with Crippen molar-refractivity contribution in [1.82, 2.24) is 0 Å². The molecular weight excluding hydrogens is 879 g/mol. The Morgan fingerprint density at radius 3 is 1.25 bits per heavy atom. The first-order valence-corrected chi connectivity index (χ1v) is 25.5. The summed E-state index contributed by atoms with van der Waals surface area (Å²) in [6.45, 7) is 0. The molecule has 0 aromatic heterocycles. The van der Waals surface area contributed by atoms with Crippen LogP contribution in [0.5, 0.6) is 0 Å².